The highest BCUT2D eigenvalue weighted by atomic mass is 32.2. The molecular weight excluding hydrogens is 182 g/mol. The number of nitrogens with one attached hydrogen (secondary N) is 1. The minimum absolute atomic E-state index is 0.0531. The molecule has 72 valence electrons. The van der Waals surface area contributed by atoms with Crippen molar-refractivity contribution in [1.29, 1.82) is 0 Å². The molecule has 0 aromatic heterocycles. The number of rotatable bonds is 4. The van der Waals surface area contributed by atoms with Crippen molar-refractivity contribution in [2.75, 3.05) is 0 Å². The van der Waals surface area contributed by atoms with Gasteiger partial charge < -0.3 is 5.32 Å². The maximum atomic E-state index is 11.4. The molecule has 0 bridgehead atoms. The van der Waals surface area contributed by atoms with E-state index in [1.807, 2.05) is 10.8 Å². The highest BCUT2D eigenvalue weighted by Crippen LogP contribution is 2.17. The van der Waals surface area contributed by atoms with Crippen molar-refractivity contribution in [3.05, 3.63) is 22.6 Å². The first kappa shape index (κ1) is 10.4. The molecule has 0 atom stereocenters. The summed E-state index contributed by atoms with van der Waals surface area (Å²) in [5, 5.41) is 6.53. The van der Waals surface area contributed by atoms with Gasteiger partial charge in [-0.05, 0) is 23.7 Å². The number of hydrogen-bond acceptors (Lipinski definition) is 2. The Morgan fingerprint density at radius 1 is 1.46 bits per heavy atom. The van der Waals surface area contributed by atoms with E-state index in [4.69, 9.17) is 0 Å². The maximum absolute atomic E-state index is 11.4. The highest BCUT2D eigenvalue weighted by Gasteiger charge is 2.08. The smallest absolute Gasteiger partial charge is 0.251 e. The van der Waals surface area contributed by atoms with E-state index < -0.39 is 0 Å². The van der Waals surface area contributed by atoms with Crippen molar-refractivity contribution in [1.82, 2.24) is 5.32 Å². The number of amides is 1. The van der Waals surface area contributed by atoms with Crippen molar-refractivity contribution in [2.24, 2.45) is 0 Å². The van der Waals surface area contributed by atoms with Gasteiger partial charge in [-0.3, -0.25) is 4.79 Å². The van der Waals surface area contributed by atoms with Crippen LogP contribution in [0.5, 0.6) is 0 Å². The molecule has 0 saturated heterocycles. The Hall–Kier alpha value is -0.700. The Labute approximate surface area is 83.5 Å². The summed E-state index contributed by atoms with van der Waals surface area (Å²) < 4.78 is 0. The molecule has 1 rings (SSSR count). The van der Waals surface area contributed by atoms with Crippen LogP contribution >= 0.6 is 11.8 Å². The summed E-state index contributed by atoms with van der Waals surface area (Å²) in [6.07, 6.45) is 6.09. The van der Waals surface area contributed by atoms with Crippen molar-refractivity contribution in [2.45, 2.75) is 32.6 Å². The summed E-state index contributed by atoms with van der Waals surface area (Å²) in [5.41, 5.74) is 0.906. The van der Waals surface area contributed by atoms with Gasteiger partial charge >= 0.3 is 0 Å². The number of carbonyl (C=O) groups excluding carboxylic acids is 1. The fourth-order valence-corrected chi connectivity index (χ4v) is 1.77. The van der Waals surface area contributed by atoms with E-state index in [0.29, 0.717) is 0 Å². The maximum Gasteiger partial charge on any atom is 0.251 e. The molecule has 3 heteroatoms. The average molecular weight is 197 g/mol. The Balaban J connectivity index is 2.39. The van der Waals surface area contributed by atoms with Crippen molar-refractivity contribution in [3.8, 4) is 0 Å². The van der Waals surface area contributed by atoms with Gasteiger partial charge in [0.2, 0.25) is 0 Å². The SMILES string of the molecule is CCCCCC1=CSC=CNC1=O. The lowest BCUT2D eigenvalue weighted by molar-refractivity contribution is -0.116. The molecule has 0 aromatic carbocycles. The molecule has 13 heavy (non-hydrogen) atoms. The lowest BCUT2D eigenvalue weighted by atomic mass is 10.1. The standard InChI is InChI=1S/C10H15NOS/c1-2-3-4-5-9-8-13-7-6-11-10(9)12/h6-8H,2-5H2,1H3,(H,11,12). The van der Waals surface area contributed by atoms with Gasteiger partial charge in [-0.25, -0.2) is 0 Å². The third kappa shape index (κ3) is 3.68. The van der Waals surface area contributed by atoms with Crippen LogP contribution in [0.15, 0.2) is 22.6 Å². The van der Waals surface area contributed by atoms with Gasteiger partial charge in [0.25, 0.3) is 5.91 Å². The first-order chi connectivity index (χ1) is 6.34. The van der Waals surface area contributed by atoms with E-state index in [0.717, 1.165) is 18.4 Å². The molecule has 0 aromatic rings. The normalized spacial score (nSPS) is 16.4. The predicted molar refractivity (Wildman–Crippen MR) is 57.1 cm³/mol. The zero-order valence-electron chi connectivity index (χ0n) is 7.88. The van der Waals surface area contributed by atoms with E-state index >= 15 is 0 Å². The van der Waals surface area contributed by atoms with Crippen LogP contribution in [0.25, 0.3) is 0 Å². The Morgan fingerprint density at radius 2 is 2.31 bits per heavy atom. The molecule has 0 aliphatic carbocycles. The van der Waals surface area contributed by atoms with Crippen LogP contribution in [0, 0.1) is 0 Å². The van der Waals surface area contributed by atoms with Crippen LogP contribution in [0.4, 0.5) is 0 Å². The van der Waals surface area contributed by atoms with Gasteiger partial charge in [-0.1, -0.05) is 19.8 Å². The molecule has 0 unspecified atom stereocenters. The Morgan fingerprint density at radius 3 is 3.08 bits per heavy atom. The van der Waals surface area contributed by atoms with E-state index in [1.54, 1.807) is 18.0 Å². The van der Waals surface area contributed by atoms with Crippen LogP contribution in [0.1, 0.15) is 32.6 Å². The summed E-state index contributed by atoms with van der Waals surface area (Å²) in [4.78, 5) is 11.4. The fraction of sp³-hybridized carbons (Fsp3) is 0.500. The van der Waals surface area contributed by atoms with Gasteiger partial charge in [-0.2, -0.15) is 0 Å². The number of hydrogen-bond donors (Lipinski definition) is 1. The second-order valence-electron chi connectivity index (χ2n) is 3.01. The van der Waals surface area contributed by atoms with Gasteiger partial charge in [0.05, 0.1) is 0 Å². The molecule has 1 aliphatic rings. The number of carbonyl (C=O) groups is 1. The van der Waals surface area contributed by atoms with Crippen molar-refractivity contribution >= 4 is 17.7 Å². The quantitative estimate of drug-likeness (QED) is 0.702. The van der Waals surface area contributed by atoms with E-state index in [1.165, 1.54) is 12.8 Å². The van der Waals surface area contributed by atoms with Gasteiger partial charge in [-0.15, -0.1) is 11.8 Å². The zero-order chi connectivity index (χ0) is 9.52. The Bertz CT molecular complexity index is 233. The van der Waals surface area contributed by atoms with Crippen LogP contribution < -0.4 is 5.32 Å². The summed E-state index contributed by atoms with van der Waals surface area (Å²) in [7, 11) is 0. The summed E-state index contributed by atoms with van der Waals surface area (Å²) in [6.45, 7) is 2.16. The molecule has 1 heterocycles. The second-order valence-corrected chi connectivity index (χ2v) is 3.79. The van der Waals surface area contributed by atoms with E-state index in [-0.39, 0.29) is 5.91 Å². The largest absolute Gasteiger partial charge is 0.328 e. The molecule has 0 radical (unpaired) electrons. The average Bonchev–Trinajstić information content (AvgIpc) is 2.32. The number of unbranched alkanes of at least 4 members (excludes halogenated alkanes) is 2. The summed E-state index contributed by atoms with van der Waals surface area (Å²) in [5.74, 6) is 0.0531. The molecule has 1 aliphatic heterocycles. The molecule has 2 nitrogen and oxygen atoms in total. The molecule has 1 N–H and O–H groups in total. The molecular formula is C10H15NOS. The van der Waals surface area contributed by atoms with Crippen LogP contribution in [0.3, 0.4) is 0 Å². The minimum atomic E-state index is 0.0531. The minimum Gasteiger partial charge on any atom is -0.328 e. The van der Waals surface area contributed by atoms with Gasteiger partial charge in [0.1, 0.15) is 0 Å². The molecule has 0 fully saturated rings. The lowest BCUT2D eigenvalue weighted by Gasteiger charge is -2.02. The predicted octanol–water partition coefficient (Wildman–Crippen LogP) is 2.78. The first-order valence-corrected chi connectivity index (χ1v) is 5.59. The van der Waals surface area contributed by atoms with Gasteiger partial charge in [0.15, 0.2) is 0 Å². The van der Waals surface area contributed by atoms with Crippen molar-refractivity contribution in [3.63, 3.8) is 0 Å². The lowest BCUT2D eigenvalue weighted by Crippen LogP contribution is -2.18. The highest BCUT2D eigenvalue weighted by molar-refractivity contribution is 8.04. The summed E-state index contributed by atoms with van der Waals surface area (Å²) in [6, 6.07) is 0. The first-order valence-electron chi connectivity index (χ1n) is 4.65. The number of thioether (sulfide) groups is 1. The zero-order valence-corrected chi connectivity index (χ0v) is 8.69. The third-order valence-electron chi connectivity index (χ3n) is 1.91. The molecule has 0 saturated carbocycles. The van der Waals surface area contributed by atoms with E-state index in [2.05, 4.69) is 12.2 Å². The second kappa shape index (κ2) is 5.86. The van der Waals surface area contributed by atoms with E-state index in [9.17, 15) is 4.79 Å². The molecule has 0 spiro atoms. The van der Waals surface area contributed by atoms with Crippen molar-refractivity contribution < 1.29 is 4.79 Å². The van der Waals surface area contributed by atoms with Gasteiger partial charge in [0, 0.05) is 11.8 Å². The monoisotopic (exact) mass is 197 g/mol. The molecule has 1 amide bonds. The van der Waals surface area contributed by atoms with Crippen LogP contribution in [-0.2, 0) is 4.79 Å². The Kier molecular flexibility index (Phi) is 4.68. The van der Waals surface area contributed by atoms with Crippen LogP contribution in [-0.4, -0.2) is 5.91 Å². The third-order valence-corrected chi connectivity index (χ3v) is 2.63. The fourth-order valence-electron chi connectivity index (χ4n) is 1.15. The summed E-state index contributed by atoms with van der Waals surface area (Å²) >= 11 is 1.56. The van der Waals surface area contributed by atoms with Crippen LogP contribution in [0.2, 0.25) is 0 Å². The topological polar surface area (TPSA) is 29.1 Å².